The van der Waals surface area contributed by atoms with Crippen molar-refractivity contribution in [3.05, 3.63) is 27.7 Å². The minimum Gasteiger partial charge on any atom is -0.492 e. The summed E-state index contributed by atoms with van der Waals surface area (Å²) in [5.41, 5.74) is 0.484. The van der Waals surface area contributed by atoms with Crippen LogP contribution in [0.1, 0.15) is 17.9 Å². The molecule has 1 atom stereocenters. The van der Waals surface area contributed by atoms with E-state index in [-0.39, 0.29) is 5.75 Å². The van der Waals surface area contributed by atoms with Gasteiger partial charge in [-0.2, -0.15) is 0 Å². The normalized spacial score (nSPS) is 13.4. The Labute approximate surface area is 122 Å². The molecule has 1 unspecified atom stereocenters. The third kappa shape index (κ3) is 4.50. The van der Waals surface area contributed by atoms with Gasteiger partial charge in [0, 0.05) is 17.3 Å². The van der Waals surface area contributed by atoms with Crippen LogP contribution in [0.25, 0.3) is 0 Å². The molecule has 0 aliphatic carbocycles. The molecule has 0 aliphatic heterocycles. The number of benzene rings is 1. The Kier molecular flexibility index (Phi) is 5.59. The van der Waals surface area contributed by atoms with Gasteiger partial charge in [0.15, 0.2) is 0 Å². The molecule has 3 nitrogen and oxygen atoms in total. The predicted octanol–water partition coefficient (Wildman–Crippen LogP) is 3.72. The lowest BCUT2D eigenvalue weighted by atomic mass is 10.1. The van der Waals surface area contributed by atoms with E-state index in [9.17, 15) is 8.42 Å². The summed E-state index contributed by atoms with van der Waals surface area (Å²) in [5, 5.41) is -0.0393. The smallest absolute Gasteiger partial charge is 0.149 e. The van der Waals surface area contributed by atoms with E-state index in [4.69, 9.17) is 39.5 Å². The molecule has 0 aliphatic rings. The fourth-order valence-electron chi connectivity index (χ4n) is 1.41. The van der Waals surface area contributed by atoms with E-state index in [1.165, 1.54) is 6.07 Å². The maximum atomic E-state index is 11.2. The second kappa shape index (κ2) is 6.33. The Morgan fingerprint density at radius 1 is 1.28 bits per heavy atom. The van der Waals surface area contributed by atoms with Crippen LogP contribution in [0.2, 0.25) is 10.0 Å². The Hall–Kier alpha value is -0.160. The first-order chi connectivity index (χ1) is 8.24. The van der Waals surface area contributed by atoms with Gasteiger partial charge in [0.1, 0.15) is 15.6 Å². The van der Waals surface area contributed by atoms with E-state index in [0.717, 1.165) is 6.26 Å². The molecule has 0 fully saturated rings. The van der Waals surface area contributed by atoms with Gasteiger partial charge in [-0.25, -0.2) is 8.42 Å². The van der Waals surface area contributed by atoms with Gasteiger partial charge in [-0.05, 0) is 18.6 Å². The molecular weight excluding hydrogens is 319 g/mol. The fourth-order valence-corrected chi connectivity index (χ4v) is 3.55. The third-order valence-electron chi connectivity index (χ3n) is 2.14. The first-order valence-corrected chi connectivity index (χ1v) is 8.43. The van der Waals surface area contributed by atoms with Crippen LogP contribution in [0.5, 0.6) is 5.75 Å². The highest BCUT2D eigenvalue weighted by Crippen LogP contribution is 2.36. The molecule has 0 spiro atoms. The Morgan fingerprint density at radius 3 is 2.39 bits per heavy atom. The van der Waals surface area contributed by atoms with Crippen LogP contribution in [-0.2, 0) is 9.84 Å². The van der Waals surface area contributed by atoms with Gasteiger partial charge in [-0.1, -0.05) is 23.2 Å². The zero-order valence-corrected chi connectivity index (χ0v) is 13.0. The maximum absolute atomic E-state index is 11.2. The van der Waals surface area contributed by atoms with Gasteiger partial charge < -0.3 is 4.74 Å². The van der Waals surface area contributed by atoms with Crippen molar-refractivity contribution in [2.45, 2.75) is 12.3 Å². The average Bonchev–Trinajstić information content (AvgIpc) is 2.20. The summed E-state index contributed by atoms with van der Waals surface area (Å²) in [6.45, 7) is 2.29. The molecule has 0 saturated heterocycles. The third-order valence-corrected chi connectivity index (χ3v) is 4.27. The van der Waals surface area contributed by atoms with Crippen LogP contribution in [0.4, 0.5) is 0 Å². The molecular formula is C11H13Cl3O3S. The SMILES string of the molecule is CCOc1cc(Cl)c(C(Cl)CS(C)(=O)=O)cc1Cl. The van der Waals surface area contributed by atoms with Crippen LogP contribution >= 0.6 is 34.8 Å². The molecule has 0 amide bonds. The topological polar surface area (TPSA) is 43.4 Å². The summed E-state index contributed by atoms with van der Waals surface area (Å²) in [6, 6.07) is 3.08. The van der Waals surface area contributed by atoms with E-state index in [1.54, 1.807) is 6.07 Å². The Balaban J connectivity index is 3.07. The summed E-state index contributed by atoms with van der Waals surface area (Å²) >= 11 is 18.1. The second-order valence-electron chi connectivity index (χ2n) is 3.80. The predicted molar refractivity (Wildman–Crippen MR) is 75.9 cm³/mol. The zero-order chi connectivity index (χ0) is 13.9. The molecule has 0 saturated carbocycles. The summed E-state index contributed by atoms with van der Waals surface area (Å²) in [7, 11) is -3.19. The van der Waals surface area contributed by atoms with E-state index < -0.39 is 15.2 Å². The van der Waals surface area contributed by atoms with Crippen molar-refractivity contribution in [1.82, 2.24) is 0 Å². The number of rotatable bonds is 5. The van der Waals surface area contributed by atoms with Crippen molar-refractivity contribution in [2.24, 2.45) is 0 Å². The first-order valence-electron chi connectivity index (χ1n) is 5.18. The number of ether oxygens (including phenoxy) is 1. The monoisotopic (exact) mass is 330 g/mol. The number of hydrogen-bond acceptors (Lipinski definition) is 3. The van der Waals surface area contributed by atoms with Crippen molar-refractivity contribution >= 4 is 44.6 Å². The van der Waals surface area contributed by atoms with Crippen molar-refractivity contribution in [2.75, 3.05) is 18.6 Å². The number of alkyl halides is 1. The minimum absolute atomic E-state index is 0.196. The quantitative estimate of drug-likeness (QED) is 0.772. The molecule has 7 heteroatoms. The standard InChI is InChI=1S/C11H13Cl3O3S/c1-3-17-11-5-8(12)7(4-9(11)13)10(14)6-18(2,15)16/h4-5,10H,3,6H2,1-2H3. The zero-order valence-electron chi connectivity index (χ0n) is 9.91. The van der Waals surface area contributed by atoms with Gasteiger partial charge in [-0.15, -0.1) is 11.6 Å². The van der Waals surface area contributed by atoms with Crippen LogP contribution in [0, 0.1) is 0 Å². The fraction of sp³-hybridized carbons (Fsp3) is 0.455. The lowest BCUT2D eigenvalue weighted by Gasteiger charge is -2.13. The van der Waals surface area contributed by atoms with Gasteiger partial charge in [-0.3, -0.25) is 0 Å². The highest BCUT2D eigenvalue weighted by Gasteiger charge is 2.19. The van der Waals surface area contributed by atoms with Crippen LogP contribution < -0.4 is 4.74 Å². The molecule has 102 valence electrons. The van der Waals surface area contributed by atoms with Crippen molar-refractivity contribution in [3.63, 3.8) is 0 Å². The Morgan fingerprint density at radius 2 is 1.89 bits per heavy atom. The summed E-state index contributed by atoms with van der Waals surface area (Å²) < 4.78 is 27.7. The second-order valence-corrected chi connectivity index (χ2v) is 7.32. The van der Waals surface area contributed by atoms with Crippen molar-refractivity contribution in [1.29, 1.82) is 0 Å². The summed E-state index contributed by atoms with van der Waals surface area (Å²) in [6.07, 6.45) is 1.12. The van der Waals surface area contributed by atoms with E-state index >= 15 is 0 Å². The maximum Gasteiger partial charge on any atom is 0.149 e. The molecule has 0 bridgehead atoms. The molecule has 0 N–H and O–H groups in total. The van der Waals surface area contributed by atoms with Crippen LogP contribution in [-0.4, -0.2) is 27.0 Å². The van der Waals surface area contributed by atoms with E-state index in [0.29, 0.717) is 28.0 Å². The lowest BCUT2D eigenvalue weighted by Crippen LogP contribution is -2.09. The number of hydrogen-bond donors (Lipinski definition) is 0. The molecule has 18 heavy (non-hydrogen) atoms. The van der Waals surface area contributed by atoms with Crippen LogP contribution in [0.15, 0.2) is 12.1 Å². The first kappa shape index (κ1) is 15.9. The van der Waals surface area contributed by atoms with Crippen molar-refractivity contribution in [3.8, 4) is 5.75 Å². The average molecular weight is 332 g/mol. The molecule has 0 aromatic heterocycles. The Bertz CT molecular complexity index is 529. The van der Waals surface area contributed by atoms with Gasteiger partial charge in [0.2, 0.25) is 0 Å². The van der Waals surface area contributed by atoms with Gasteiger partial charge in [0.25, 0.3) is 0 Å². The molecule has 0 radical (unpaired) electrons. The molecule has 0 heterocycles. The number of sulfone groups is 1. The van der Waals surface area contributed by atoms with Crippen LogP contribution in [0.3, 0.4) is 0 Å². The minimum atomic E-state index is -3.19. The number of halogens is 3. The lowest BCUT2D eigenvalue weighted by molar-refractivity contribution is 0.340. The van der Waals surface area contributed by atoms with E-state index in [2.05, 4.69) is 0 Å². The van der Waals surface area contributed by atoms with Gasteiger partial charge in [0.05, 0.1) is 22.8 Å². The molecule has 1 aromatic carbocycles. The summed E-state index contributed by atoms with van der Waals surface area (Å²) in [4.78, 5) is 0. The highest BCUT2D eigenvalue weighted by molar-refractivity contribution is 7.90. The molecule has 1 aromatic rings. The van der Waals surface area contributed by atoms with E-state index in [1.807, 2.05) is 6.92 Å². The molecule has 1 rings (SSSR count). The largest absolute Gasteiger partial charge is 0.492 e. The summed E-state index contributed by atoms with van der Waals surface area (Å²) in [5.74, 6) is 0.259. The highest BCUT2D eigenvalue weighted by atomic mass is 35.5. The van der Waals surface area contributed by atoms with Gasteiger partial charge >= 0.3 is 0 Å². The van der Waals surface area contributed by atoms with Crippen molar-refractivity contribution < 1.29 is 13.2 Å².